The van der Waals surface area contributed by atoms with Crippen molar-refractivity contribution in [1.82, 2.24) is 15.1 Å². The van der Waals surface area contributed by atoms with E-state index < -0.39 is 6.04 Å². The van der Waals surface area contributed by atoms with Crippen molar-refractivity contribution in [3.63, 3.8) is 0 Å². The third-order valence-corrected chi connectivity index (χ3v) is 3.59. The Hall–Kier alpha value is -2.54. The van der Waals surface area contributed by atoms with Crippen LogP contribution >= 0.6 is 11.6 Å². The number of rotatable bonds is 6. The van der Waals surface area contributed by atoms with Gasteiger partial charge in [-0.2, -0.15) is 5.10 Å². The Balaban J connectivity index is 1.91. The zero-order valence-corrected chi connectivity index (χ0v) is 14.4. The van der Waals surface area contributed by atoms with E-state index in [4.69, 9.17) is 16.3 Å². The van der Waals surface area contributed by atoms with Crippen molar-refractivity contribution < 1.29 is 14.3 Å². The van der Waals surface area contributed by atoms with E-state index >= 15 is 0 Å². The molecule has 1 aromatic heterocycles. The standard InChI is InChI=1S/C16H19ClN4O3/c1-10-4-5-14(24-3)13(6-10)20-15(22)8-18-16(23)11(2)21-9-12(17)7-19-21/h4-7,9,11H,8H2,1-3H3,(H,18,23)(H,20,22). The van der Waals surface area contributed by atoms with Crippen LogP contribution in [0.2, 0.25) is 5.02 Å². The molecule has 0 spiro atoms. The van der Waals surface area contributed by atoms with Gasteiger partial charge in [0.25, 0.3) is 0 Å². The maximum Gasteiger partial charge on any atom is 0.245 e. The van der Waals surface area contributed by atoms with Gasteiger partial charge in [-0.15, -0.1) is 0 Å². The number of nitrogens with one attached hydrogen (secondary N) is 2. The molecule has 1 unspecified atom stereocenters. The summed E-state index contributed by atoms with van der Waals surface area (Å²) in [6.07, 6.45) is 2.99. The lowest BCUT2D eigenvalue weighted by Crippen LogP contribution is -2.37. The summed E-state index contributed by atoms with van der Waals surface area (Å²) in [5.74, 6) is -0.126. The van der Waals surface area contributed by atoms with Crippen LogP contribution < -0.4 is 15.4 Å². The van der Waals surface area contributed by atoms with Crippen LogP contribution in [-0.4, -0.2) is 35.2 Å². The SMILES string of the molecule is COc1ccc(C)cc1NC(=O)CNC(=O)C(C)n1cc(Cl)cn1. The number of carbonyl (C=O) groups excluding carboxylic acids is 2. The van der Waals surface area contributed by atoms with Crippen molar-refractivity contribution in [2.75, 3.05) is 19.0 Å². The Morgan fingerprint density at radius 1 is 1.42 bits per heavy atom. The number of aromatic nitrogens is 2. The number of carbonyl (C=O) groups is 2. The van der Waals surface area contributed by atoms with E-state index in [1.54, 1.807) is 25.3 Å². The molecule has 1 aromatic carbocycles. The van der Waals surface area contributed by atoms with Crippen molar-refractivity contribution >= 4 is 29.1 Å². The first kappa shape index (κ1) is 17.8. The van der Waals surface area contributed by atoms with Gasteiger partial charge in [0, 0.05) is 6.20 Å². The highest BCUT2D eigenvalue weighted by atomic mass is 35.5. The summed E-state index contributed by atoms with van der Waals surface area (Å²) in [5, 5.41) is 9.70. The molecular formula is C16H19ClN4O3. The number of hydrogen-bond donors (Lipinski definition) is 2. The van der Waals surface area contributed by atoms with Crippen LogP contribution in [0.3, 0.4) is 0 Å². The number of hydrogen-bond acceptors (Lipinski definition) is 4. The van der Waals surface area contributed by atoms with Gasteiger partial charge in [-0.3, -0.25) is 14.3 Å². The number of amides is 2. The second-order valence-electron chi connectivity index (χ2n) is 5.28. The van der Waals surface area contributed by atoms with E-state index in [9.17, 15) is 9.59 Å². The number of halogens is 1. The lowest BCUT2D eigenvalue weighted by molar-refractivity contribution is -0.126. The minimum atomic E-state index is -0.571. The van der Waals surface area contributed by atoms with Crippen LogP contribution in [0.15, 0.2) is 30.6 Å². The van der Waals surface area contributed by atoms with E-state index in [2.05, 4.69) is 15.7 Å². The van der Waals surface area contributed by atoms with Crippen molar-refractivity contribution in [2.45, 2.75) is 19.9 Å². The molecule has 2 rings (SSSR count). The molecule has 0 radical (unpaired) electrons. The molecule has 128 valence electrons. The zero-order valence-electron chi connectivity index (χ0n) is 13.7. The Bertz CT molecular complexity index is 745. The zero-order chi connectivity index (χ0) is 17.7. The lowest BCUT2D eigenvalue weighted by atomic mass is 10.2. The second-order valence-corrected chi connectivity index (χ2v) is 5.72. The van der Waals surface area contributed by atoms with Crippen LogP contribution in [0.5, 0.6) is 5.75 Å². The van der Waals surface area contributed by atoms with Gasteiger partial charge in [0.15, 0.2) is 0 Å². The van der Waals surface area contributed by atoms with Crippen LogP contribution in [0.4, 0.5) is 5.69 Å². The van der Waals surface area contributed by atoms with Gasteiger partial charge in [0.05, 0.1) is 30.6 Å². The monoisotopic (exact) mass is 350 g/mol. The molecule has 0 saturated heterocycles. The number of ether oxygens (including phenoxy) is 1. The summed E-state index contributed by atoms with van der Waals surface area (Å²) >= 11 is 5.78. The van der Waals surface area contributed by atoms with Crippen molar-refractivity contribution in [1.29, 1.82) is 0 Å². The number of aryl methyl sites for hydroxylation is 1. The Morgan fingerprint density at radius 3 is 2.79 bits per heavy atom. The fraction of sp³-hybridized carbons (Fsp3) is 0.312. The van der Waals surface area contributed by atoms with Crippen LogP contribution in [0, 0.1) is 6.92 Å². The third kappa shape index (κ3) is 4.48. The Kier molecular flexibility index (Phi) is 5.81. The van der Waals surface area contributed by atoms with Crippen LogP contribution in [-0.2, 0) is 9.59 Å². The summed E-state index contributed by atoms with van der Waals surface area (Å²) in [5.41, 5.74) is 1.54. The van der Waals surface area contributed by atoms with Crippen LogP contribution in [0.1, 0.15) is 18.5 Å². The highest BCUT2D eigenvalue weighted by Gasteiger charge is 2.17. The largest absolute Gasteiger partial charge is 0.495 e. The van der Waals surface area contributed by atoms with Gasteiger partial charge in [-0.05, 0) is 31.5 Å². The first-order valence-corrected chi connectivity index (χ1v) is 7.70. The van der Waals surface area contributed by atoms with Gasteiger partial charge in [-0.1, -0.05) is 17.7 Å². The normalized spacial score (nSPS) is 11.7. The smallest absolute Gasteiger partial charge is 0.245 e. The average molecular weight is 351 g/mol. The van der Waals surface area contributed by atoms with E-state index in [-0.39, 0.29) is 18.4 Å². The van der Waals surface area contributed by atoms with Crippen LogP contribution in [0.25, 0.3) is 0 Å². The summed E-state index contributed by atoms with van der Waals surface area (Å²) in [4.78, 5) is 24.1. The fourth-order valence-corrected chi connectivity index (χ4v) is 2.22. The predicted octanol–water partition coefficient (Wildman–Crippen LogP) is 2.17. The van der Waals surface area contributed by atoms with Gasteiger partial charge in [-0.25, -0.2) is 0 Å². The summed E-state index contributed by atoms with van der Waals surface area (Å²) in [6, 6.07) is 4.88. The molecule has 0 bridgehead atoms. The average Bonchev–Trinajstić information content (AvgIpc) is 2.98. The number of nitrogens with zero attached hydrogens (tertiary/aromatic N) is 2. The van der Waals surface area contributed by atoms with Crippen molar-refractivity contribution in [2.24, 2.45) is 0 Å². The van der Waals surface area contributed by atoms with Gasteiger partial charge in [0.1, 0.15) is 11.8 Å². The molecule has 0 aliphatic carbocycles. The van der Waals surface area contributed by atoms with Gasteiger partial charge in [0.2, 0.25) is 11.8 Å². The van der Waals surface area contributed by atoms with E-state index in [0.717, 1.165) is 5.56 Å². The van der Waals surface area contributed by atoms with Crippen molar-refractivity contribution in [3.05, 3.63) is 41.2 Å². The minimum Gasteiger partial charge on any atom is -0.495 e. The molecule has 2 amide bonds. The predicted molar refractivity (Wildman–Crippen MR) is 91.3 cm³/mol. The molecule has 1 heterocycles. The number of methoxy groups -OCH3 is 1. The molecular weight excluding hydrogens is 332 g/mol. The molecule has 1 atom stereocenters. The lowest BCUT2D eigenvalue weighted by Gasteiger charge is -2.14. The Morgan fingerprint density at radius 2 is 2.17 bits per heavy atom. The first-order valence-electron chi connectivity index (χ1n) is 7.32. The third-order valence-electron chi connectivity index (χ3n) is 3.40. The van der Waals surface area contributed by atoms with Gasteiger partial charge >= 0.3 is 0 Å². The van der Waals surface area contributed by atoms with E-state index in [1.807, 2.05) is 13.0 Å². The maximum absolute atomic E-state index is 12.1. The van der Waals surface area contributed by atoms with E-state index in [0.29, 0.717) is 16.5 Å². The Labute approximate surface area is 144 Å². The summed E-state index contributed by atoms with van der Waals surface area (Å²) < 4.78 is 6.63. The molecule has 7 nitrogen and oxygen atoms in total. The summed E-state index contributed by atoms with van der Waals surface area (Å²) in [7, 11) is 1.53. The van der Waals surface area contributed by atoms with E-state index in [1.165, 1.54) is 18.0 Å². The molecule has 2 N–H and O–H groups in total. The number of benzene rings is 1. The molecule has 2 aromatic rings. The molecule has 0 saturated carbocycles. The minimum absolute atomic E-state index is 0.157. The number of anilines is 1. The second kappa shape index (κ2) is 7.83. The summed E-state index contributed by atoms with van der Waals surface area (Å²) in [6.45, 7) is 3.42. The first-order chi connectivity index (χ1) is 11.4. The van der Waals surface area contributed by atoms with Gasteiger partial charge < -0.3 is 15.4 Å². The highest BCUT2D eigenvalue weighted by Crippen LogP contribution is 2.24. The molecule has 0 fully saturated rings. The molecule has 8 heteroatoms. The fourth-order valence-electron chi connectivity index (χ4n) is 2.08. The topological polar surface area (TPSA) is 85.3 Å². The molecule has 0 aliphatic rings. The van der Waals surface area contributed by atoms with Crippen molar-refractivity contribution in [3.8, 4) is 5.75 Å². The quantitative estimate of drug-likeness (QED) is 0.836. The highest BCUT2D eigenvalue weighted by molar-refractivity contribution is 6.30. The molecule has 0 aliphatic heterocycles. The molecule has 24 heavy (non-hydrogen) atoms. The maximum atomic E-state index is 12.1.